The first-order valence-corrected chi connectivity index (χ1v) is 8.53. The minimum atomic E-state index is -0.744. The van der Waals surface area contributed by atoms with E-state index in [0.717, 1.165) is 24.3 Å². The molecule has 0 aromatic heterocycles. The summed E-state index contributed by atoms with van der Waals surface area (Å²) in [6.07, 6.45) is 2.71. The van der Waals surface area contributed by atoms with Crippen molar-refractivity contribution >= 4 is 23.6 Å². The van der Waals surface area contributed by atoms with Crippen molar-refractivity contribution in [3.8, 4) is 0 Å². The monoisotopic (exact) mass is 301 g/mol. The van der Waals surface area contributed by atoms with Gasteiger partial charge in [-0.05, 0) is 36.3 Å². The van der Waals surface area contributed by atoms with Crippen molar-refractivity contribution in [1.29, 1.82) is 0 Å². The molecule has 1 aliphatic rings. The summed E-state index contributed by atoms with van der Waals surface area (Å²) in [5, 5.41) is 11.8. The molecule has 0 bridgehead atoms. The molecule has 2 N–H and O–H groups in total. The van der Waals surface area contributed by atoms with Crippen molar-refractivity contribution in [3.05, 3.63) is 0 Å². The number of hydrogen-bond donors (Lipinski definition) is 2. The Hall–Kier alpha value is -0.710. The molecule has 1 saturated heterocycles. The molecular formula is C15H27NO3S. The van der Waals surface area contributed by atoms with Crippen LogP contribution in [0.15, 0.2) is 0 Å². The van der Waals surface area contributed by atoms with Gasteiger partial charge in [0.2, 0.25) is 5.91 Å². The highest BCUT2D eigenvalue weighted by Crippen LogP contribution is 2.32. The molecule has 20 heavy (non-hydrogen) atoms. The quantitative estimate of drug-likeness (QED) is 0.759. The summed E-state index contributed by atoms with van der Waals surface area (Å²) in [5.74, 6) is 1.94. The molecule has 4 nitrogen and oxygen atoms in total. The van der Waals surface area contributed by atoms with Gasteiger partial charge in [-0.1, -0.05) is 20.8 Å². The van der Waals surface area contributed by atoms with Crippen LogP contribution in [-0.4, -0.2) is 35.0 Å². The van der Waals surface area contributed by atoms with E-state index in [-0.39, 0.29) is 23.7 Å². The number of thioether (sulfide) groups is 1. The Bertz CT molecular complexity index is 333. The maximum atomic E-state index is 11.9. The highest BCUT2D eigenvalue weighted by molar-refractivity contribution is 7.99. The molecule has 1 heterocycles. The summed E-state index contributed by atoms with van der Waals surface area (Å²) in [6, 6.07) is 0. The second-order valence-electron chi connectivity index (χ2n) is 6.64. The molecule has 0 aliphatic carbocycles. The van der Waals surface area contributed by atoms with Gasteiger partial charge in [-0.25, -0.2) is 0 Å². The number of carbonyl (C=O) groups is 2. The number of carbonyl (C=O) groups excluding carboxylic acids is 1. The van der Waals surface area contributed by atoms with Gasteiger partial charge in [-0.15, -0.1) is 0 Å². The molecule has 0 saturated carbocycles. The second kappa shape index (κ2) is 7.91. The highest BCUT2D eigenvalue weighted by Gasteiger charge is 2.26. The summed E-state index contributed by atoms with van der Waals surface area (Å²) >= 11 is 1.84. The van der Waals surface area contributed by atoms with Crippen LogP contribution in [0.5, 0.6) is 0 Å². The van der Waals surface area contributed by atoms with Crippen LogP contribution in [0.2, 0.25) is 0 Å². The number of aliphatic carboxylic acids is 1. The van der Waals surface area contributed by atoms with Crippen LogP contribution in [0, 0.1) is 17.3 Å². The zero-order valence-electron chi connectivity index (χ0n) is 12.8. The smallest absolute Gasteiger partial charge is 0.303 e. The largest absolute Gasteiger partial charge is 0.481 e. The maximum absolute atomic E-state index is 11.9. The summed E-state index contributed by atoms with van der Waals surface area (Å²) in [5.41, 5.74) is 0.0728. The van der Waals surface area contributed by atoms with Gasteiger partial charge in [-0.3, -0.25) is 9.59 Å². The van der Waals surface area contributed by atoms with E-state index < -0.39 is 5.97 Å². The zero-order valence-corrected chi connectivity index (χ0v) is 13.6. The third-order valence-corrected chi connectivity index (χ3v) is 5.19. The lowest BCUT2D eigenvalue weighted by Gasteiger charge is -2.30. The average molecular weight is 301 g/mol. The molecule has 2 atom stereocenters. The van der Waals surface area contributed by atoms with Crippen molar-refractivity contribution < 1.29 is 14.7 Å². The standard InChI is InChI=1S/C15H27NO3S/c1-15(2,3)12(4-5-13(17)18)6-8-16-14(19)11-7-9-20-10-11/h11-12H,4-10H2,1-3H3,(H,16,19)(H,17,18). The van der Waals surface area contributed by atoms with Crippen LogP contribution < -0.4 is 5.32 Å². The maximum Gasteiger partial charge on any atom is 0.303 e. The molecule has 0 radical (unpaired) electrons. The SMILES string of the molecule is CC(C)(C)C(CCNC(=O)C1CCSC1)CCC(=O)O. The molecule has 5 heteroatoms. The minimum absolute atomic E-state index is 0.0728. The van der Waals surface area contributed by atoms with E-state index in [1.165, 1.54) is 0 Å². The Morgan fingerprint density at radius 1 is 1.35 bits per heavy atom. The van der Waals surface area contributed by atoms with Crippen LogP contribution in [0.3, 0.4) is 0 Å². The van der Waals surface area contributed by atoms with Crippen LogP contribution in [0.1, 0.15) is 46.5 Å². The molecule has 1 rings (SSSR count). The van der Waals surface area contributed by atoms with Crippen LogP contribution in [0.4, 0.5) is 0 Å². The molecule has 1 amide bonds. The fourth-order valence-electron chi connectivity index (χ4n) is 2.56. The lowest BCUT2D eigenvalue weighted by Crippen LogP contribution is -2.34. The lowest BCUT2D eigenvalue weighted by molar-refractivity contribution is -0.137. The van der Waals surface area contributed by atoms with Crippen molar-refractivity contribution in [1.82, 2.24) is 5.32 Å². The molecule has 1 aliphatic heterocycles. The Labute approximate surface area is 126 Å². The van der Waals surface area contributed by atoms with E-state index in [9.17, 15) is 9.59 Å². The normalized spacial score (nSPS) is 20.6. The van der Waals surface area contributed by atoms with E-state index in [1.807, 2.05) is 11.8 Å². The third kappa shape index (κ3) is 6.16. The second-order valence-corrected chi connectivity index (χ2v) is 7.79. The van der Waals surface area contributed by atoms with Crippen LogP contribution >= 0.6 is 11.8 Å². The molecule has 0 aromatic rings. The molecule has 1 fully saturated rings. The Kier molecular flexibility index (Phi) is 6.86. The summed E-state index contributed by atoms with van der Waals surface area (Å²) < 4.78 is 0. The fourth-order valence-corrected chi connectivity index (χ4v) is 3.78. The van der Waals surface area contributed by atoms with Crippen molar-refractivity contribution in [2.24, 2.45) is 17.3 Å². The fraction of sp³-hybridized carbons (Fsp3) is 0.867. The number of carboxylic acids is 1. The molecule has 0 aromatic carbocycles. The average Bonchev–Trinajstić information content (AvgIpc) is 2.84. The topological polar surface area (TPSA) is 66.4 Å². The predicted molar refractivity (Wildman–Crippen MR) is 82.9 cm³/mol. The van der Waals surface area contributed by atoms with Gasteiger partial charge >= 0.3 is 5.97 Å². The van der Waals surface area contributed by atoms with Gasteiger partial charge in [0, 0.05) is 24.6 Å². The van der Waals surface area contributed by atoms with E-state index in [0.29, 0.717) is 18.9 Å². The highest BCUT2D eigenvalue weighted by atomic mass is 32.2. The van der Waals surface area contributed by atoms with Crippen LogP contribution in [-0.2, 0) is 9.59 Å². The van der Waals surface area contributed by atoms with Crippen molar-refractivity contribution in [3.63, 3.8) is 0 Å². The van der Waals surface area contributed by atoms with E-state index >= 15 is 0 Å². The summed E-state index contributed by atoms with van der Waals surface area (Å²) in [7, 11) is 0. The summed E-state index contributed by atoms with van der Waals surface area (Å²) in [4.78, 5) is 22.6. The molecule has 2 unspecified atom stereocenters. The van der Waals surface area contributed by atoms with E-state index in [4.69, 9.17) is 5.11 Å². The van der Waals surface area contributed by atoms with E-state index in [2.05, 4.69) is 26.1 Å². The zero-order chi connectivity index (χ0) is 15.2. The van der Waals surface area contributed by atoms with Gasteiger partial charge in [0.05, 0.1) is 0 Å². The molecule has 0 spiro atoms. The lowest BCUT2D eigenvalue weighted by atomic mass is 9.76. The third-order valence-electron chi connectivity index (χ3n) is 4.02. The van der Waals surface area contributed by atoms with Crippen molar-refractivity contribution in [2.45, 2.75) is 46.5 Å². The van der Waals surface area contributed by atoms with Gasteiger partial charge < -0.3 is 10.4 Å². The van der Waals surface area contributed by atoms with Gasteiger partial charge in [0.1, 0.15) is 0 Å². The van der Waals surface area contributed by atoms with E-state index in [1.54, 1.807) is 0 Å². The Morgan fingerprint density at radius 2 is 2.05 bits per heavy atom. The first-order chi connectivity index (χ1) is 9.30. The molecule has 116 valence electrons. The number of nitrogens with one attached hydrogen (secondary N) is 1. The van der Waals surface area contributed by atoms with Gasteiger partial charge in [0.15, 0.2) is 0 Å². The number of hydrogen-bond acceptors (Lipinski definition) is 3. The van der Waals surface area contributed by atoms with Crippen molar-refractivity contribution in [2.75, 3.05) is 18.1 Å². The predicted octanol–water partition coefficient (Wildman–Crippen LogP) is 2.77. The Morgan fingerprint density at radius 3 is 2.55 bits per heavy atom. The first kappa shape index (κ1) is 17.3. The van der Waals surface area contributed by atoms with Gasteiger partial charge in [0.25, 0.3) is 0 Å². The number of carboxylic acid groups (broad SMARTS) is 1. The minimum Gasteiger partial charge on any atom is -0.481 e. The number of amides is 1. The first-order valence-electron chi connectivity index (χ1n) is 7.38. The molecular weight excluding hydrogens is 274 g/mol. The summed E-state index contributed by atoms with van der Waals surface area (Å²) in [6.45, 7) is 7.06. The number of rotatable bonds is 7. The van der Waals surface area contributed by atoms with Crippen LogP contribution in [0.25, 0.3) is 0 Å². The van der Waals surface area contributed by atoms with Gasteiger partial charge in [-0.2, -0.15) is 11.8 Å². The Balaban J connectivity index is 2.33.